The zero-order valence-corrected chi connectivity index (χ0v) is 23.9. The second-order valence-corrected chi connectivity index (χ2v) is 10.4. The molecule has 0 aromatic heterocycles. The third kappa shape index (κ3) is 5.91. The Morgan fingerprint density at radius 3 is 1.27 bits per heavy atom. The van der Waals surface area contributed by atoms with E-state index in [1.807, 2.05) is 48.5 Å². The summed E-state index contributed by atoms with van der Waals surface area (Å²) in [5, 5.41) is 0. The Hall–Kier alpha value is -5.76. The minimum atomic E-state index is -0.377. The number of rotatable bonds is 10. The third-order valence-electron chi connectivity index (χ3n) is 7.38. The Kier molecular flexibility index (Phi) is 7.88. The van der Waals surface area contributed by atoms with Crippen LogP contribution in [0.15, 0.2) is 121 Å². The van der Waals surface area contributed by atoms with E-state index < -0.39 is 0 Å². The van der Waals surface area contributed by atoms with E-state index in [9.17, 15) is 19.2 Å². The highest BCUT2D eigenvalue weighted by molar-refractivity contribution is 6.28. The molecule has 218 valence electrons. The molecule has 8 nitrogen and oxygen atoms in total. The van der Waals surface area contributed by atoms with Gasteiger partial charge in [-0.2, -0.15) is 0 Å². The van der Waals surface area contributed by atoms with Crippen LogP contribution in [0, 0.1) is 0 Å². The van der Waals surface area contributed by atoms with Gasteiger partial charge >= 0.3 is 0 Å². The lowest BCUT2D eigenvalue weighted by atomic mass is 9.87. The lowest BCUT2D eigenvalue weighted by molar-refractivity contribution is -0.121. The van der Waals surface area contributed by atoms with E-state index in [1.165, 1.54) is 24.3 Å². The minimum Gasteiger partial charge on any atom is -0.457 e. The summed E-state index contributed by atoms with van der Waals surface area (Å²) < 4.78 is 12.1. The van der Waals surface area contributed by atoms with Crippen LogP contribution < -0.4 is 19.3 Å². The monoisotopic (exact) mass is 584 g/mol. The molecule has 4 amide bonds. The van der Waals surface area contributed by atoms with E-state index in [0.717, 1.165) is 33.8 Å². The maximum absolute atomic E-state index is 12.1. The van der Waals surface area contributed by atoms with Gasteiger partial charge in [-0.1, -0.05) is 49.7 Å². The molecular weight excluding hydrogens is 556 g/mol. The lowest BCUT2D eigenvalue weighted by Gasteiger charge is -2.19. The number of ether oxygens (including phenoxy) is 2. The fourth-order valence-corrected chi connectivity index (χ4v) is 5.30. The summed E-state index contributed by atoms with van der Waals surface area (Å²) in [7, 11) is 0. The smallest absolute Gasteiger partial charge is 0.258 e. The van der Waals surface area contributed by atoms with Gasteiger partial charge in [0, 0.05) is 42.4 Å². The van der Waals surface area contributed by atoms with Crippen molar-refractivity contribution in [3.8, 4) is 23.0 Å². The fraction of sp³-hybridized carbons (Fsp3) is 0.111. The summed E-state index contributed by atoms with van der Waals surface area (Å²) in [4.78, 5) is 50.4. The van der Waals surface area contributed by atoms with E-state index >= 15 is 0 Å². The number of hydrogen-bond donors (Lipinski definition) is 0. The normalized spacial score (nSPS) is 14.3. The summed E-state index contributed by atoms with van der Waals surface area (Å²) in [6.45, 7) is 2.15. The number of amides is 4. The second kappa shape index (κ2) is 12.2. The van der Waals surface area contributed by atoms with Gasteiger partial charge in [0.1, 0.15) is 23.0 Å². The topological polar surface area (TPSA) is 93.2 Å². The molecule has 4 aromatic carbocycles. The maximum Gasteiger partial charge on any atom is 0.258 e. The SMILES string of the molecule is CCCC(c1ccc(Oc2cccc(N3C(=O)C=CC3=O)c2)cc1)c1ccc(Oc2cccc(N3C(=O)C=CC3=O)c2)cc1. The molecule has 0 spiro atoms. The molecule has 0 saturated carbocycles. The van der Waals surface area contributed by atoms with E-state index in [-0.39, 0.29) is 29.5 Å². The van der Waals surface area contributed by atoms with Crippen molar-refractivity contribution in [2.45, 2.75) is 25.7 Å². The first-order valence-electron chi connectivity index (χ1n) is 14.3. The van der Waals surface area contributed by atoms with Gasteiger partial charge in [0.05, 0.1) is 11.4 Å². The van der Waals surface area contributed by atoms with Gasteiger partial charge in [0.15, 0.2) is 0 Å². The molecule has 2 aliphatic heterocycles. The second-order valence-electron chi connectivity index (χ2n) is 10.4. The molecule has 0 radical (unpaired) electrons. The van der Waals surface area contributed by atoms with E-state index in [4.69, 9.17) is 9.47 Å². The largest absolute Gasteiger partial charge is 0.457 e. The van der Waals surface area contributed by atoms with Crippen molar-refractivity contribution in [2.75, 3.05) is 9.80 Å². The van der Waals surface area contributed by atoms with E-state index in [1.54, 1.807) is 48.5 Å². The molecule has 44 heavy (non-hydrogen) atoms. The van der Waals surface area contributed by atoms with Gasteiger partial charge in [-0.05, 0) is 66.1 Å². The van der Waals surface area contributed by atoms with Gasteiger partial charge in [-0.15, -0.1) is 0 Å². The number of hydrogen-bond acceptors (Lipinski definition) is 6. The number of anilines is 2. The zero-order valence-electron chi connectivity index (χ0n) is 23.9. The quantitative estimate of drug-likeness (QED) is 0.185. The molecule has 0 aliphatic carbocycles. The van der Waals surface area contributed by atoms with E-state index in [2.05, 4.69) is 6.92 Å². The molecule has 8 heteroatoms. The fourth-order valence-electron chi connectivity index (χ4n) is 5.30. The first kappa shape index (κ1) is 28.4. The van der Waals surface area contributed by atoms with Crippen LogP contribution in [0.5, 0.6) is 23.0 Å². The molecule has 2 aliphatic rings. The van der Waals surface area contributed by atoms with Gasteiger partial charge in [0.2, 0.25) is 0 Å². The maximum atomic E-state index is 12.1. The molecule has 0 unspecified atom stereocenters. The van der Waals surface area contributed by atoms with Crippen LogP contribution in [-0.4, -0.2) is 23.6 Å². The van der Waals surface area contributed by atoms with Gasteiger partial charge < -0.3 is 9.47 Å². The summed E-state index contributed by atoms with van der Waals surface area (Å²) in [5.74, 6) is 0.962. The molecule has 0 N–H and O–H groups in total. The van der Waals surface area contributed by atoms with Crippen molar-refractivity contribution in [3.05, 3.63) is 132 Å². The van der Waals surface area contributed by atoms with Crippen LogP contribution in [-0.2, 0) is 19.2 Å². The highest BCUT2D eigenvalue weighted by Gasteiger charge is 2.26. The van der Waals surface area contributed by atoms with Crippen LogP contribution in [0.3, 0.4) is 0 Å². The first-order chi connectivity index (χ1) is 21.4. The Morgan fingerprint density at radius 1 is 0.523 bits per heavy atom. The molecule has 0 atom stereocenters. The van der Waals surface area contributed by atoms with Gasteiger partial charge in [-0.25, -0.2) is 9.80 Å². The first-order valence-corrected chi connectivity index (χ1v) is 14.3. The van der Waals surface area contributed by atoms with Crippen molar-refractivity contribution in [2.24, 2.45) is 0 Å². The highest BCUT2D eigenvalue weighted by atomic mass is 16.5. The molecular formula is C36H28N2O6. The number of carbonyl (C=O) groups is 4. The van der Waals surface area contributed by atoms with Crippen LogP contribution in [0.4, 0.5) is 11.4 Å². The van der Waals surface area contributed by atoms with Crippen LogP contribution in [0.25, 0.3) is 0 Å². The van der Waals surface area contributed by atoms with Crippen molar-refractivity contribution in [3.63, 3.8) is 0 Å². The lowest BCUT2D eigenvalue weighted by Crippen LogP contribution is -2.29. The summed E-state index contributed by atoms with van der Waals surface area (Å²) in [6.07, 6.45) is 6.95. The van der Waals surface area contributed by atoms with Crippen molar-refractivity contribution in [1.82, 2.24) is 0 Å². The van der Waals surface area contributed by atoms with Gasteiger partial charge in [0.25, 0.3) is 23.6 Å². The number of imide groups is 2. The van der Waals surface area contributed by atoms with Crippen LogP contribution in [0.2, 0.25) is 0 Å². The van der Waals surface area contributed by atoms with E-state index in [0.29, 0.717) is 34.4 Å². The number of carbonyl (C=O) groups excluding carboxylic acids is 4. The summed E-state index contributed by atoms with van der Waals surface area (Å²) in [6, 6.07) is 29.6. The average molecular weight is 585 g/mol. The molecule has 2 heterocycles. The molecule has 4 aromatic rings. The Labute approximate surface area is 254 Å². The van der Waals surface area contributed by atoms with Crippen molar-refractivity contribution < 1.29 is 28.7 Å². The molecule has 6 rings (SSSR count). The number of nitrogens with zero attached hydrogens (tertiary/aromatic N) is 2. The Morgan fingerprint density at radius 2 is 0.909 bits per heavy atom. The Balaban J connectivity index is 1.14. The predicted molar refractivity (Wildman–Crippen MR) is 166 cm³/mol. The standard InChI is InChI=1S/C36H28N2O6/c1-2-5-32(24-10-14-28(15-11-24)43-30-8-3-6-26(22-30)37-33(39)18-19-34(37)40)25-12-16-29(17-13-25)44-31-9-4-7-27(23-31)38-35(41)20-21-36(38)42/h3-4,6-23,32H,2,5H2,1H3. The van der Waals surface area contributed by atoms with Crippen LogP contribution >= 0.6 is 0 Å². The van der Waals surface area contributed by atoms with Crippen LogP contribution in [0.1, 0.15) is 36.8 Å². The third-order valence-corrected chi connectivity index (χ3v) is 7.38. The molecule has 0 saturated heterocycles. The van der Waals surface area contributed by atoms with Crippen molar-refractivity contribution in [1.29, 1.82) is 0 Å². The Bertz CT molecular complexity index is 1640. The summed E-state index contributed by atoms with van der Waals surface area (Å²) in [5.41, 5.74) is 3.19. The van der Waals surface area contributed by atoms with Crippen molar-refractivity contribution >= 4 is 35.0 Å². The summed E-state index contributed by atoms with van der Waals surface area (Å²) >= 11 is 0. The average Bonchev–Trinajstić information content (AvgIpc) is 3.55. The predicted octanol–water partition coefficient (Wildman–Crippen LogP) is 7.06. The van der Waals surface area contributed by atoms with Gasteiger partial charge in [-0.3, -0.25) is 19.2 Å². The zero-order chi connectivity index (χ0) is 30.6. The molecule has 0 fully saturated rings. The molecule has 0 bridgehead atoms. The number of benzene rings is 4. The minimum absolute atomic E-state index is 0.161. The highest BCUT2D eigenvalue weighted by Crippen LogP contribution is 2.34.